The van der Waals surface area contributed by atoms with Crippen LogP contribution in [0.5, 0.6) is 11.6 Å². The number of nitrogens with zero attached hydrogens (tertiary/aromatic N) is 2. The molecule has 0 aliphatic heterocycles. The van der Waals surface area contributed by atoms with Crippen molar-refractivity contribution in [3.63, 3.8) is 0 Å². The van der Waals surface area contributed by atoms with Crippen LogP contribution in [0.1, 0.15) is 0 Å². The third kappa shape index (κ3) is 2.24. The van der Waals surface area contributed by atoms with Crippen molar-refractivity contribution in [3.05, 3.63) is 53.3 Å². The Morgan fingerprint density at radius 3 is 2.63 bits per heavy atom. The number of ether oxygens (including phenoxy) is 1. The third-order valence-electron chi connectivity index (χ3n) is 2.69. The molecule has 0 bridgehead atoms. The first kappa shape index (κ1) is 11.9. The second-order valence-corrected chi connectivity index (χ2v) is 4.80. The molecule has 0 fully saturated rings. The van der Waals surface area contributed by atoms with E-state index in [1.165, 1.54) is 0 Å². The van der Waals surface area contributed by atoms with Gasteiger partial charge >= 0.3 is 0 Å². The quantitative estimate of drug-likeness (QED) is 0.731. The highest BCUT2D eigenvalue weighted by atomic mass is 79.9. The van der Waals surface area contributed by atoms with Crippen molar-refractivity contribution < 1.29 is 4.74 Å². The van der Waals surface area contributed by atoms with E-state index in [1.807, 2.05) is 30.3 Å². The van der Waals surface area contributed by atoms with Gasteiger partial charge in [-0.05, 0) is 52.3 Å². The molecule has 3 aromatic rings. The van der Waals surface area contributed by atoms with Crippen molar-refractivity contribution in [2.45, 2.75) is 0 Å². The summed E-state index contributed by atoms with van der Waals surface area (Å²) >= 11 is 3.40. The number of anilines is 1. The molecule has 0 saturated carbocycles. The lowest BCUT2D eigenvalue weighted by Crippen LogP contribution is -1.93. The molecule has 5 heteroatoms. The SMILES string of the molecule is Nc1ccc(Oc2ncccc2Br)c2cccnc12. The van der Waals surface area contributed by atoms with E-state index < -0.39 is 0 Å². The highest BCUT2D eigenvalue weighted by molar-refractivity contribution is 9.10. The zero-order valence-electron chi connectivity index (χ0n) is 9.88. The maximum absolute atomic E-state index is 5.91. The van der Waals surface area contributed by atoms with Gasteiger partial charge in [-0.3, -0.25) is 4.98 Å². The summed E-state index contributed by atoms with van der Waals surface area (Å²) in [6, 6.07) is 11.1. The van der Waals surface area contributed by atoms with Gasteiger partial charge in [0, 0.05) is 17.8 Å². The molecule has 3 rings (SSSR count). The summed E-state index contributed by atoms with van der Waals surface area (Å²) < 4.78 is 6.62. The molecular formula is C14H10BrN3O. The average Bonchev–Trinajstić information content (AvgIpc) is 2.44. The first-order valence-electron chi connectivity index (χ1n) is 5.67. The second kappa shape index (κ2) is 4.85. The van der Waals surface area contributed by atoms with Crippen LogP contribution in [-0.4, -0.2) is 9.97 Å². The number of pyridine rings is 2. The Labute approximate surface area is 118 Å². The minimum absolute atomic E-state index is 0.512. The molecule has 2 aromatic heterocycles. The molecule has 0 spiro atoms. The lowest BCUT2D eigenvalue weighted by atomic mass is 10.2. The molecule has 2 N–H and O–H groups in total. The van der Waals surface area contributed by atoms with Crippen LogP contribution < -0.4 is 10.5 Å². The summed E-state index contributed by atoms with van der Waals surface area (Å²) in [7, 11) is 0. The van der Waals surface area contributed by atoms with Gasteiger partial charge < -0.3 is 10.5 Å². The van der Waals surface area contributed by atoms with Gasteiger partial charge in [0.1, 0.15) is 5.75 Å². The summed E-state index contributed by atoms with van der Waals surface area (Å²) in [5.74, 6) is 1.19. The summed E-state index contributed by atoms with van der Waals surface area (Å²) in [6.45, 7) is 0. The summed E-state index contributed by atoms with van der Waals surface area (Å²) in [6.07, 6.45) is 3.39. The number of hydrogen-bond donors (Lipinski definition) is 1. The number of hydrogen-bond acceptors (Lipinski definition) is 4. The van der Waals surface area contributed by atoms with Crippen LogP contribution in [0.4, 0.5) is 5.69 Å². The van der Waals surface area contributed by atoms with E-state index in [0.717, 1.165) is 15.4 Å². The number of halogens is 1. The lowest BCUT2D eigenvalue weighted by molar-refractivity contribution is 0.465. The lowest BCUT2D eigenvalue weighted by Gasteiger charge is -2.10. The predicted molar refractivity (Wildman–Crippen MR) is 78.2 cm³/mol. The predicted octanol–water partition coefficient (Wildman–Crippen LogP) is 3.77. The van der Waals surface area contributed by atoms with E-state index in [-0.39, 0.29) is 0 Å². The molecular weight excluding hydrogens is 306 g/mol. The standard InChI is InChI=1S/C14H10BrN3O/c15-10-4-2-8-18-14(10)19-12-6-5-11(16)13-9(12)3-1-7-17-13/h1-8H,16H2. The van der Waals surface area contributed by atoms with Gasteiger partial charge in [0.25, 0.3) is 0 Å². The Kier molecular flexibility index (Phi) is 3.05. The first-order chi connectivity index (χ1) is 9.25. The topological polar surface area (TPSA) is 61.0 Å². The molecule has 19 heavy (non-hydrogen) atoms. The number of nitrogens with two attached hydrogens (primary N) is 1. The zero-order valence-corrected chi connectivity index (χ0v) is 11.5. The second-order valence-electron chi connectivity index (χ2n) is 3.94. The van der Waals surface area contributed by atoms with Crippen LogP contribution in [0.15, 0.2) is 53.3 Å². The first-order valence-corrected chi connectivity index (χ1v) is 6.46. The molecule has 0 aliphatic rings. The van der Waals surface area contributed by atoms with Crippen molar-refractivity contribution in [1.82, 2.24) is 9.97 Å². The van der Waals surface area contributed by atoms with Gasteiger partial charge in [0.2, 0.25) is 5.88 Å². The average molecular weight is 316 g/mol. The van der Waals surface area contributed by atoms with Crippen LogP contribution in [-0.2, 0) is 0 Å². The van der Waals surface area contributed by atoms with Gasteiger partial charge in [-0.2, -0.15) is 0 Å². The molecule has 94 valence electrons. The Hall–Kier alpha value is -2.14. The maximum Gasteiger partial charge on any atom is 0.233 e. The monoisotopic (exact) mass is 315 g/mol. The smallest absolute Gasteiger partial charge is 0.233 e. The fourth-order valence-electron chi connectivity index (χ4n) is 1.81. The van der Waals surface area contributed by atoms with Crippen LogP contribution in [0, 0.1) is 0 Å². The Balaban J connectivity index is 2.12. The van der Waals surface area contributed by atoms with Gasteiger partial charge in [0.05, 0.1) is 15.7 Å². The minimum atomic E-state index is 0.512. The van der Waals surface area contributed by atoms with Crippen molar-refractivity contribution in [3.8, 4) is 11.6 Å². The summed E-state index contributed by atoms with van der Waals surface area (Å²) in [5, 5.41) is 0.861. The van der Waals surface area contributed by atoms with E-state index in [0.29, 0.717) is 17.3 Å². The largest absolute Gasteiger partial charge is 0.437 e. The van der Waals surface area contributed by atoms with E-state index in [9.17, 15) is 0 Å². The Morgan fingerprint density at radius 2 is 1.79 bits per heavy atom. The van der Waals surface area contributed by atoms with E-state index >= 15 is 0 Å². The molecule has 0 amide bonds. The summed E-state index contributed by atoms with van der Waals surface area (Å²) in [4.78, 5) is 8.45. The zero-order chi connectivity index (χ0) is 13.2. The molecule has 2 heterocycles. The normalized spacial score (nSPS) is 10.6. The highest BCUT2D eigenvalue weighted by Gasteiger charge is 2.09. The minimum Gasteiger partial charge on any atom is -0.437 e. The van der Waals surface area contributed by atoms with Gasteiger partial charge in [0.15, 0.2) is 0 Å². The molecule has 1 aromatic carbocycles. The fraction of sp³-hybridized carbons (Fsp3) is 0. The molecule has 4 nitrogen and oxygen atoms in total. The van der Waals surface area contributed by atoms with Crippen molar-refractivity contribution >= 4 is 32.5 Å². The van der Waals surface area contributed by atoms with Gasteiger partial charge in [-0.25, -0.2) is 4.98 Å². The molecule has 0 saturated heterocycles. The molecule has 0 atom stereocenters. The Bertz CT molecular complexity index is 746. The number of benzene rings is 1. The third-order valence-corrected chi connectivity index (χ3v) is 3.30. The number of fused-ring (bicyclic) bond motifs is 1. The van der Waals surface area contributed by atoms with Crippen LogP contribution in [0.25, 0.3) is 10.9 Å². The fourth-order valence-corrected chi connectivity index (χ4v) is 2.14. The van der Waals surface area contributed by atoms with Crippen LogP contribution in [0.2, 0.25) is 0 Å². The van der Waals surface area contributed by atoms with E-state index in [4.69, 9.17) is 10.5 Å². The number of aromatic nitrogens is 2. The number of rotatable bonds is 2. The molecule has 0 aliphatic carbocycles. The van der Waals surface area contributed by atoms with Crippen molar-refractivity contribution in [2.75, 3.05) is 5.73 Å². The number of nitrogen functional groups attached to an aromatic ring is 1. The van der Waals surface area contributed by atoms with Crippen LogP contribution >= 0.6 is 15.9 Å². The highest BCUT2D eigenvalue weighted by Crippen LogP contribution is 2.33. The summed E-state index contributed by atoms with van der Waals surface area (Å²) in [5.41, 5.74) is 7.26. The van der Waals surface area contributed by atoms with Gasteiger partial charge in [-0.15, -0.1) is 0 Å². The van der Waals surface area contributed by atoms with Gasteiger partial charge in [-0.1, -0.05) is 0 Å². The van der Waals surface area contributed by atoms with E-state index in [1.54, 1.807) is 18.5 Å². The maximum atomic E-state index is 5.91. The molecule has 0 unspecified atom stereocenters. The van der Waals surface area contributed by atoms with Crippen LogP contribution in [0.3, 0.4) is 0 Å². The molecule has 0 radical (unpaired) electrons. The van der Waals surface area contributed by atoms with Crippen molar-refractivity contribution in [2.24, 2.45) is 0 Å². The van der Waals surface area contributed by atoms with Crippen molar-refractivity contribution in [1.29, 1.82) is 0 Å². The Morgan fingerprint density at radius 1 is 1.00 bits per heavy atom. The van der Waals surface area contributed by atoms with E-state index in [2.05, 4.69) is 25.9 Å².